The molecule has 0 bridgehead atoms. The molecule has 100 valence electrons. The molecule has 1 atom stereocenters. The lowest BCUT2D eigenvalue weighted by Crippen LogP contribution is -2.45. The molecular formula is C16H25NO. The SMILES string of the molecule is CNC(Cc1ccc(C)cc1)CC1(OC)CCC1. The Balaban J connectivity index is 1.94. The minimum atomic E-state index is 0.151. The number of methoxy groups -OCH3 is 1. The van der Waals surface area contributed by atoms with Crippen molar-refractivity contribution in [2.45, 2.75) is 50.7 Å². The number of aryl methyl sites for hydroxylation is 1. The van der Waals surface area contributed by atoms with Gasteiger partial charge in [-0.3, -0.25) is 0 Å². The molecule has 1 N–H and O–H groups in total. The molecule has 1 fully saturated rings. The van der Waals surface area contributed by atoms with Gasteiger partial charge in [-0.25, -0.2) is 0 Å². The highest BCUT2D eigenvalue weighted by Crippen LogP contribution is 2.39. The summed E-state index contributed by atoms with van der Waals surface area (Å²) in [5, 5.41) is 3.44. The van der Waals surface area contributed by atoms with Crippen LogP contribution in [0.5, 0.6) is 0 Å². The fraction of sp³-hybridized carbons (Fsp3) is 0.625. The summed E-state index contributed by atoms with van der Waals surface area (Å²) in [6, 6.07) is 9.36. The maximum atomic E-state index is 5.72. The van der Waals surface area contributed by atoms with Gasteiger partial charge >= 0.3 is 0 Å². The molecule has 2 heteroatoms. The highest BCUT2D eigenvalue weighted by atomic mass is 16.5. The van der Waals surface area contributed by atoms with Crippen molar-refractivity contribution in [2.75, 3.05) is 14.2 Å². The molecule has 1 saturated carbocycles. The number of benzene rings is 1. The van der Waals surface area contributed by atoms with E-state index < -0.39 is 0 Å². The van der Waals surface area contributed by atoms with Crippen LogP contribution in [0.4, 0.5) is 0 Å². The van der Waals surface area contributed by atoms with E-state index in [1.165, 1.54) is 30.4 Å². The van der Waals surface area contributed by atoms with E-state index in [2.05, 4.69) is 43.6 Å². The number of likely N-dealkylation sites (N-methyl/N-ethyl adjacent to an activating group) is 1. The molecule has 1 aliphatic carbocycles. The van der Waals surface area contributed by atoms with E-state index >= 15 is 0 Å². The monoisotopic (exact) mass is 247 g/mol. The number of hydrogen-bond donors (Lipinski definition) is 1. The lowest BCUT2D eigenvalue weighted by atomic mass is 9.75. The van der Waals surface area contributed by atoms with Crippen LogP contribution in [0, 0.1) is 6.92 Å². The van der Waals surface area contributed by atoms with Gasteiger partial charge in [-0.15, -0.1) is 0 Å². The lowest BCUT2D eigenvalue weighted by Gasteiger charge is -2.42. The maximum absolute atomic E-state index is 5.72. The van der Waals surface area contributed by atoms with Crippen molar-refractivity contribution in [1.82, 2.24) is 5.32 Å². The van der Waals surface area contributed by atoms with Crippen LogP contribution in [-0.2, 0) is 11.2 Å². The van der Waals surface area contributed by atoms with Crippen molar-refractivity contribution in [3.8, 4) is 0 Å². The first-order valence-electron chi connectivity index (χ1n) is 6.95. The lowest BCUT2D eigenvalue weighted by molar-refractivity contribution is -0.0830. The van der Waals surface area contributed by atoms with Crippen LogP contribution >= 0.6 is 0 Å². The van der Waals surface area contributed by atoms with Gasteiger partial charge in [0.1, 0.15) is 0 Å². The van der Waals surface area contributed by atoms with E-state index in [1.54, 1.807) is 0 Å². The van der Waals surface area contributed by atoms with Gasteiger partial charge in [-0.1, -0.05) is 29.8 Å². The van der Waals surface area contributed by atoms with E-state index in [4.69, 9.17) is 4.74 Å². The van der Waals surface area contributed by atoms with Crippen LogP contribution in [-0.4, -0.2) is 25.8 Å². The second kappa shape index (κ2) is 5.85. The molecule has 0 aliphatic heterocycles. The molecule has 18 heavy (non-hydrogen) atoms. The molecule has 1 aromatic rings. The molecule has 0 amide bonds. The third-order valence-corrected chi connectivity index (χ3v) is 4.33. The summed E-state index contributed by atoms with van der Waals surface area (Å²) in [7, 11) is 3.92. The summed E-state index contributed by atoms with van der Waals surface area (Å²) in [6.45, 7) is 2.13. The van der Waals surface area contributed by atoms with Gasteiger partial charge in [0.05, 0.1) is 5.60 Å². The van der Waals surface area contributed by atoms with E-state index in [9.17, 15) is 0 Å². The number of rotatable bonds is 6. The van der Waals surface area contributed by atoms with E-state index in [1.807, 2.05) is 7.11 Å². The fourth-order valence-electron chi connectivity index (χ4n) is 2.80. The standard InChI is InChI=1S/C16H25NO/c1-13-5-7-14(8-6-13)11-15(17-2)12-16(18-3)9-4-10-16/h5-8,15,17H,4,9-12H2,1-3H3. The second-order valence-electron chi connectivity index (χ2n) is 5.62. The second-order valence-corrected chi connectivity index (χ2v) is 5.62. The Morgan fingerprint density at radius 2 is 1.94 bits per heavy atom. The van der Waals surface area contributed by atoms with Crippen molar-refractivity contribution in [3.05, 3.63) is 35.4 Å². The Morgan fingerprint density at radius 3 is 2.39 bits per heavy atom. The smallest absolute Gasteiger partial charge is 0.0693 e. The van der Waals surface area contributed by atoms with Gasteiger partial charge in [0.2, 0.25) is 0 Å². The Bertz CT molecular complexity index is 362. The van der Waals surface area contributed by atoms with Gasteiger partial charge in [-0.05, 0) is 51.6 Å². The summed E-state index contributed by atoms with van der Waals surface area (Å²) in [5.74, 6) is 0. The molecule has 2 nitrogen and oxygen atoms in total. The quantitative estimate of drug-likeness (QED) is 0.834. The van der Waals surface area contributed by atoms with Crippen molar-refractivity contribution in [2.24, 2.45) is 0 Å². The van der Waals surface area contributed by atoms with E-state index in [0.29, 0.717) is 6.04 Å². The fourth-order valence-corrected chi connectivity index (χ4v) is 2.80. The largest absolute Gasteiger partial charge is 0.378 e. The Labute approximate surface area is 111 Å². The first kappa shape index (κ1) is 13.6. The highest BCUT2D eigenvalue weighted by Gasteiger charge is 2.38. The van der Waals surface area contributed by atoms with Crippen LogP contribution < -0.4 is 5.32 Å². The summed E-state index contributed by atoms with van der Waals surface area (Å²) >= 11 is 0. The van der Waals surface area contributed by atoms with Crippen molar-refractivity contribution in [3.63, 3.8) is 0 Å². The zero-order valence-corrected chi connectivity index (χ0v) is 11.8. The van der Waals surface area contributed by atoms with E-state index in [-0.39, 0.29) is 5.60 Å². The topological polar surface area (TPSA) is 21.3 Å². The molecule has 2 rings (SSSR count). The average molecular weight is 247 g/mol. The molecule has 0 radical (unpaired) electrons. The summed E-state index contributed by atoms with van der Waals surface area (Å²) < 4.78 is 5.72. The average Bonchev–Trinajstić information content (AvgIpc) is 2.35. The third kappa shape index (κ3) is 3.12. The minimum absolute atomic E-state index is 0.151. The van der Waals surface area contributed by atoms with Gasteiger partial charge < -0.3 is 10.1 Å². The van der Waals surface area contributed by atoms with Gasteiger partial charge in [0.25, 0.3) is 0 Å². The summed E-state index contributed by atoms with van der Waals surface area (Å²) in [6.07, 6.45) is 5.95. The van der Waals surface area contributed by atoms with E-state index in [0.717, 1.165) is 12.8 Å². The molecular weight excluding hydrogens is 222 g/mol. The van der Waals surface area contributed by atoms with Gasteiger partial charge in [0.15, 0.2) is 0 Å². The molecule has 1 aromatic carbocycles. The zero-order valence-electron chi connectivity index (χ0n) is 11.8. The predicted octanol–water partition coefficient (Wildman–Crippen LogP) is 3.08. The van der Waals surface area contributed by atoms with Crippen molar-refractivity contribution >= 4 is 0 Å². The number of ether oxygens (including phenoxy) is 1. The summed E-state index contributed by atoms with van der Waals surface area (Å²) in [5.41, 5.74) is 2.89. The normalized spacial score (nSPS) is 19.3. The predicted molar refractivity (Wildman–Crippen MR) is 75.9 cm³/mol. The first-order chi connectivity index (χ1) is 8.67. The van der Waals surface area contributed by atoms with Crippen LogP contribution in [0.15, 0.2) is 24.3 Å². The number of hydrogen-bond acceptors (Lipinski definition) is 2. The van der Waals surface area contributed by atoms with Crippen molar-refractivity contribution < 1.29 is 4.74 Å². The van der Waals surface area contributed by atoms with Gasteiger partial charge in [0, 0.05) is 13.2 Å². The third-order valence-electron chi connectivity index (χ3n) is 4.33. The number of nitrogens with one attached hydrogen (secondary N) is 1. The highest BCUT2D eigenvalue weighted by molar-refractivity contribution is 5.22. The van der Waals surface area contributed by atoms with Crippen LogP contribution in [0.25, 0.3) is 0 Å². The molecule has 1 aliphatic rings. The van der Waals surface area contributed by atoms with Crippen LogP contribution in [0.1, 0.15) is 36.8 Å². The maximum Gasteiger partial charge on any atom is 0.0693 e. The molecule has 0 heterocycles. The van der Waals surface area contributed by atoms with Crippen LogP contribution in [0.3, 0.4) is 0 Å². The first-order valence-corrected chi connectivity index (χ1v) is 6.95. The molecule has 0 aromatic heterocycles. The Kier molecular flexibility index (Phi) is 4.41. The minimum Gasteiger partial charge on any atom is -0.378 e. The molecule has 0 saturated heterocycles. The Morgan fingerprint density at radius 1 is 1.28 bits per heavy atom. The Hall–Kier alpha value is -0.860. The molecule has 0 spiro atoms. The van der Waals surface area contributed by atoms with Gasteiger partial charge in [-0.2, -0.15) is 0 Å². The van der Waals surface area contributed by atoms with Crippen molar-refractivity contribution in [1.29, 1.82) is 0 Å². The molecule has 1 unspecified atom stereocenters. The zero-order chi connectivity index (χ0) is 13.0. The van der Waals surface area contributed by atoms with Crippen LogP contribution in [0.2, 0.25) is 0 Å². The summed E-state index contributed by atoms with van der Waals surface area (Å²) in [4.78, 5) is 0.